The molecule has 1 aromatic carbocycles. The van der Waals surface area contributed by atoms with Crippen molar-refractivity contribution in [3.8, 4) is 0 Å². The van der Waals surface area contributed by atoms with Gasteiger partial charge in [-0.3, -0.25) is 14.4 Å². The fourth-order valence-corrected chi connectivity index (χ4v) is 3.91. The Labute approximate surface area is 151 Å². The highest BCUT2D eigenvalue weighted by Gasteiger charge is 2.36. The molecule has 3 rings (SSSR count). The molecular weight excluding hydrogens is 339 g/mol. The molecule has 2 fully saturated rings. The second-order valence-corrected chi connectivity index (χ2v) is 7.02. The third-order valence-corrected chi connectivity index (χ3v) is 5.22. The Morgan fingerprint density at radius 1 is 1.08 bits per heavy atom. The Bertz CT molecular complexity index is 691. The van der Waals surface area contributed by atoms with Gasteiger partial charge in [0.2, 0.25) is 5.91 Å². The molecule has 26 heavy (non-hydrogen) atoms. The van der Waals surface area contributed by atoms with E-state index in [2.05, 4.69) is 0 Å². The minimum atomic E-state index is -0.897. The normalized spacial score (nSPS) is 23.1. The number of carboxylic acid groups (broad SMARTS) is 1. The summed E-state index contributed by atoms with van der Waals surface area (Å²) >= 11 is 0. The molecule has 1 N–H and O–H groups in total. The van der Waals surface area contributed by atoms with Gasteiger partial charge in [0.15, 0.2) is 0 Å². The van der Waals surface area contributed by atoms with Gasteiger partial charge < -0.3 is 14.9 Å². The Hall–Kier alpha value is -2.44. The lowest BCUT2D eigenvalue weighted by Gasteiger charge is -2.35. The highest BCUT2D eigenvalue weighted by Crippen LogP contribution is 2.26. The summed E-state index contributed by atoms with van der Waals surface area (Å²) in [6.45, 7) is 1.48. The summed E-state index contributed by atoms with van der Waals surface area (Å²) in [6.07, 6.45) is 2.91. The SMILES string of the molecule is O=C(O)CC1CCCN1C(=O)C1CCCN(C(=O)c2ccc(F)cc2)C1. The van der Waals surface area contributed by atoms with Gasteiger partial charge in [-0.15, -0.1) is 0 Å². The van der Waals surface area contributed by atoms with Crippen LogP contribution in [-0.2, 0) is 9.59 Å². The van der Waals surface area contributed by atoms with Gasteiger partial charge in [0, 0.05) is 31.2 Å². The van der Waals surface area contributed by atoms with Gasteiger partial charge in [0.05, 0.1) is 12.3 Å². The highest BCUT2D eigenvalue weighted by molar-refractivity contribution is 5.94. The van der Waals surface area contributed by atoms with Crippen LogP contribution in [0.25, 0.3) is 0 Å². The molecule has 0 aliphatic carbocycles. The second-order valence-electron chi connectivity index (χ2n) is 7.02. The summed E-state index contributed by atoms with van der Waals surface area (Å²) in [7, 11) is 0. The molecule has 2 aliphatic rings. The third kappa shape index (κ3) is 4.03. The quantitative estimate of drug-likeness (QED) is 0.890. The van der Waals surface area contributed by atoms with Gasteiger partial charge in [-0.2, -0.15) is 0 Å². The first kappa shape index (κ1) is 18.4. The van der Waals surface area contributed by atoms with Crippen molar-refractivity contribution in [1.82, 2.24) is 9.80 Å². The zero-order chi connectivity index (χ0) is 18.7. The van der Waals surface area contributed by atoms with Gasteiger partial charge in [0.25, 0.3) is 5.91 Å². The van der Waals surface area contributed by atoms with Crippen LogP contribution >= 0.6 is 0 Å². The molecule has 0 bridgehead atoms. The fourth-order valence-electron chi connectivity index (χ4n) is 3.91. The smallest absolute Gasteiger partial charge is 0.305 e. The Morgan fingerprint density at radius 3 is 2.46 bits per heavy atom. The van der Waals surface area contributed by atoms with Crippen LogP contribution in [0.5, 0.6) is 0 Å². The van der Waals surface area contributed by atoms with E-state index in [1.165, 1.54) is 24.3 Å². The maximum Gasteiger partial charge on any atom is 0.305 e. The number of aliphatic carboxylic acids is 1. The van der Waals surface area contributed by atoms with Gasteiger partial charge in [0.1, 0.15) is 5.82 Å². The molecule has 2 saturated heterocycles. The minimum absolute atomic E-state index is 0.0311. The molecule has 7 heteroatoms. The minimum Gasteiger partial charge on any atom is -0.481 e. The van der Waals surface area contributed by atoms with Gasteiger partial charge in [-0.25, -0.2) is 4.39 Å². The summed E-state index contributed by atoms with van der Waals surface area (Å²) < 4.78 is 13.0. The Kier molecular flexibility index (Phi) is 5.54. The number of hydrogen-bond acceptors (Lipinski definition) is 3. The summed E-state index contributed by atoms with van der Waals surface area (Å²) in [5, 5.41) is 9.03. The highest BCUT2D eigenvalue weighted by atomic mass is 19.1. The molecule has 2 heterocycles. The van der Waals surface area contributed by atoms with Crippen molar-refractivity contribution in [2.45, 2.75) is 38.1 Å². The second kappa shape index (κ2) is 7.85. The van der Waals surface area contributed by atoms with E-state index in [9.17, 15) is 18.8 Å². The maximum absolute atomic E-state index is 13.0. The van der Waals surface area contributed by atoms with Crippen LogP contribution in [0.2, 0.25) is 0 Å². The number of carbonyl (C=O) groups excluding carboxylic acids is 2. The van der Waals surface area contributed by atoms with Crippen molar-refractivity contribution >= 4 is 17.8 Å². The first-order valence-electron chi connectivity index (χ1n) is 9.03. The van der Waals surface area contributed by atoms with Gasteiger partial charge in [-0.05, 0) is 49.9 Å². The van der Waals surface area contributed by atoms with Crippen LogP contribution in [0.15, 0.2) is 24.3 Å². The number of halogens is 1. The van der Waals surface area contributed by atoms with Crippen molar-refractivity contribution in [3.63, 3.8) is 0 Å². The molecule has 0 aromatic heterocycles. The number of likely N-dealkylation sites (tertiary alicyclic amines) is 2. The van der Waals surface area contributed by atoms with E-state index in [1.54, 1.807) is 9.80 Å². The number of carbonyl (C=O) groups is 3. The van der Waals surface area contributed by atoms with E-state index in [4.69, 9.17) is 5.11 Å². The predicted molar refractivity (Wildman–Crippen MR) is 92.0 cm³/mol. The van der Waals surface area contributed by atoms with Crippen LogP contribution in [0.3, 0.4) is 0 Å². The number of nitrogens with zero attached hydrogens (tertiary/aromatic N) is 2. The van der Waals surface area contributed by atoms with Crippen LogP contribution in [0.4, 0.5) is 4.39 Å². The number of benzene rings is 1. The van der Waals surface area contributed by atoms with E-state index in [1.807, 2.05) is 0 Å². The zero-order valence-electron chi connectivity index (χ0n) is 14.6. The molecule has 0 radical (unpaired) electrons. The van der Waals surface area contributed by atoms with Crippen molar-refractivity contribution in [2.24, 2.45) is 5.92 Å². The predicted octanol–water partition coefficient (Wildman–Crippen LogP) is 2.14. The number of carboxylic acids is 1. The molecule has 0 saturated carbocycles. The molecule has 1 aromatic rings. The van der Waals surface area contributed by atoms with Gasteiger partial charge in [-0.1, -0.05) is 0 Å². The van der Waals surface area contributed by atoms with E-state index < -0.39 is 11.8 Å². The van der Waals surface area contributed by atoms with E-state index in [-0.39, 0.29) is 30.2 Å². The molecule has 6 nitrogen and oxygen atoms in total. The fraction of sp³-hybridized carbons (Fsp3) is 0.526. The molecule has 2 unspecified atom stereocenters. The number of piperidine rings is 1. The standard InChI is InChI=1S/C19H23FN2O4/c20-15-7-5-13(6-8-15)18(25)21-9-1-3-14(12-21)19(26)22-10-2-4-16(22)11-17(23)24/h5-8,14,16H,1-4,9-12H2,(H,23,24). The van der Waals surface area contributed by atoms with Crippen molar-refractivity contribution in [1.29, 1.82) is 0 Å². The first-order chi connectivity index (χ1) is 12.5. The molecule has 140 valence electrons. The van der Waals surface area contributed by atoms with E-state index in [0.29, 0.717) is 38.0 Å². The number of hydrogen-bond donors (Lipinski definition) is 1. The van der Waals surface area contributed by atoms with Gasteiger partial charge >= 0.3 is 5.97 Å². The number of amides is 2. The van der Waals surface area contributed by atoms with E-state index >= 15 is 0 Å². The number of rotatable bonds is 4. The summed E-state index contributed by atoms with van der Waals surface area (Å²) in [6, 6.07) is 5.16. The molecule has 2 aliphatic heterocycles. The van der Waals surface area contributed by atoms with Crippen LogP contribution in [-0.4, -0.2) is 58.4 Å². The van der Waals surface area contributed by atoms with Crippen LogP contribution < -0.4 is 0 Å². The van der Waals surface area contributed by atoms with Crippen molar-refractivity contribution in [2.75, 3.05) is 19.6 Å². The average molecular weight is 362 g/mol. The van der Waals surface area contributed by atoms with E-state index in [0.717, 1.165) is 12.8 Å². The average Bonchev–Trinajstić information content (AvgIpc) is 3.08. The molecule has 2 atom stereocenters. The van der Waals surface area contributed by atoms with Crippen molar-refractivity contribution < 1.29 is 23.9 Å². The molecular formula is C19H23FN2O4. The lowest BCUT2D eigenvalue weighted by molar-refractivity contribution is -0.141. The molecule has 2 amide bonds. The lowest BCUT2D eigenvalue weighted by atomic mass is 9.95. The topological polar surface area (TPSA) is 77.9 Å². The summed E-state index contributed by atoms with van der Waals surface area (Å²) in [5.74, 6) is -1.85. The third-order valence-electron chi connectivity index (χ3n) is 5.22. The van der Waals surface area contributed by atoms with Crippen LogP contribution in [0.1, 0.15) is 42.5 Å². The largest absolute Gasteiger partial charge is 0.481 e. The Balaban J connectivity index is 1.66. The molecule has 0 spiro atoms. The summed E-state index contributed by atoms with van der Waals surface area (Å²) in [4.78, 5) is 39.8. The summed E-state index contributed by atoms with van der Waals surface area (Å²) in [5.41, 5.74) is 0.407. The van der Waals surface area contributed by atoms with Crippen molar-refractivity contribution in [3.05, 3.63) is 35.6 Å². The maximum atomic E-state index is 13.0. The van der Waals surface area contributed by atoms with Crippen LogP contribution in [0, 0.1) is 11.7 Å². The zero-order valence-corrected chi connectivity index (χ0v) is 14.6. The monoisotopic (exact) mass is 362 g/mol. The Morgan fingerprint density at radius 2 is 1.77 bits per heavy atom. The lowest BCUT2D eigenvalue weighted by Crippen LogP contribution is -2.48. The first-order valence-corrected chi connectivity index (χ1v) is 9.03.